The van der Waals surface area contributed by atoms with Crippen LogP contribution in [0.15, 0.2) is 54.6 Å². The van der Waals surface area contributed by atoms with E-state index in [4.69, 9.17) is 0 Å². The van der Waals surface area contributed by atoms with Crippen molar-refractivity contribution in [1.82, 2.24) is 19.7 Å². The Morgan fingerprint density at radius 1 is 1.06 bits per heavy atom. The number of aromatic nitrogens is 1. The van der Waals surface area contributed by atoms with Crippen molar-refractivity contribution in [1.29, 1.82) is 0 Å². The van der Waals surface area contributed by atoms with Crippen LogP contribution in [0.4, 0.5) is 0 Å². The highest BCUT2D eigenvalue weighted by Gasteiger charge is 2.30. The van der Waals surface area contributed by atoms with Gasteiger partial charge in [-0.3, -0.25) is 14.4 Å². The van der Waals surface area contributed by atoms with Gasteiger partial charge in [-0.05, 0) is 41.3 Å². The highest BCUT2D eigenvalue weighted by molar-refractivity contribution is 6.00. The van der Waals surface area contributed by atoms with Gasteiger partial charge in [-0.15, -0.1) is 0 Å². The van der Waals surface area contributed by atoms with E-state index in [0.717, 1.165) is 34.0 Å². The SMILES string of the molecule is CN(C)C(=O)c1cc2ccc(C3=CCCN(C(=O)CN4Cc5ccccc5C4=O)C3)cc2[nH]1. The number of nitrogens with one attached hydrogen (secondary N) is 1. The molecule has 0 bridgehead atoms. The minimum Gasteiger partial charge on any atom is -0.351 e. The standard InChI is InChI=1S/C26H26N4O3/c1-28(2)26(33)23-13-18-10-9-17(12-22(18)27-23)19-7-5-11-29(14-19)24(31)16-30-15-20-6-3-4-8-21(20)25(30)32/h3-4,6-10,12-13,27H,5,11,14-16H2,1-2H3. The quantitative estimate of drug-likeness (QED) is 0.674. The second-order valence-corrected chi connectivity index (χ2v) is 8.84. The number of aromatic amines is 1. The molecule has 3 aromatic rings. The van der Waals surface area contributed by atoms with Gasteiger partial charge in [-0.2, -0.15) is 0 Å². The number of benzene rings is 2. The molecule has 2 aromatic carbocycles. The van der Waals surface area contributed by atoms with Gasteiger partial charge >= 0.3 is 0 Å². The molecule has 3 amide bonds. The first kappa shape index (κ1) is 21.0. The molecule has 0 unspecified atom stereocenters. The van der Waals surface area contributed by atoms with Gasteiger partial charge in [0.25, 0.3) is 11.8 Å². The van der Waals surface area contributed by atoms with E-state index in [2.05, 4.69) is 11.1 Å². The summed E-state index contributed by atoms with van der Waals surface area (Å²) in [5, 5.41) is 0.973. The summed E-state index contributed by atoms with van der Waals surface area (Å²) in [5.41, 5.74) is 5.20. The van der Waals surface area contributed by atoms with Crippen molar-refractivity contribution in [2.45, 2.75) is 13.0 Å². The van der Waals surface area contributed by atoms with Crippen molar-refractivity contribution in [2.24, 2.45) is 0 Å². The molecule has 0 saturated heterocycles. The Morgan fingerprint density at radius 2 is 1.88 bits per heavy atom. The number of nitrogens with zero attached hydrogens (tertiary/aromatic N) is 3. The van der Waals surface area contributed by atoms with Crippen LogP contribution in [0.2, 0.25) is 0 Å². The third-order valence-electron chi connectivity index (χ3n) is 6.36. The third-order valence-corrected chi connectivity index (χ3v) is 6.36. The minimum absolute atomic E-state index is 0.0402. The van der Waals surface area contributed by atoms with Crippen LogP contribution < -0.4 is 0 Å². The molecule has 2 aliphatic heterocycles. The molecular weight excluding hydrogens is 416 g/mol. The van der Waals surface area contributed by atoms with Crippen LogP contribution in [0.5, 0.6) is 0 Å². The monoisotopic (exact) mass is 442 g/mol. The van der Waals surface area contributed by atoms with Gasteiger partial charge < -0.3 is 19.7 Å². The number of hydrogen-bond acceptors (Lipinski definition) is 3. The van der Waals surface area contributed by atoms with Gasteiger partial charge in [-0.25, -0.2) is 0 Å². The van der Waals surface area contributed by atoms with Crippen molar-refractivity contribution >= 4 is 34.2 Å². The van der Waals surface area contributed by atoms with Gasteiger partial charge in [0.2, 0.25) is 5.91 Å². The zero-order valence-electron chi connectivity index (χ0n) is 18.8. The number of rotatable bonds is 4. The van der Waals surface area contributed by atoms with Crippen LogP contribution in [-0.4, -0.2) is 71.1 Å². The number of amides is 3. The lowest BCUT2D eigenvalue weighted by Gasteiger charge is -2.29. The van der Waals surface area contributed by atoms with Crippen LogP contribution in [0, 0.1) is 0 Å². The fourth-order valence-electron chi connectivity index (χ4n) is 4.55. The first-order chi connectivity index (χ1) is 15.9. The first-order valence-electron chi connectivity index (χ1n) is 11.1. The summed E-state index contributed by atoms with van der Waals surface area (Å²) in [6, 6.07) is 15.4. The number of carbonyl (C=O) groups excluding carboxylic acids is 3. The van der Waals surface area contributed by atoms with E-state index in [-0.39, 0.29) is 24.3 Å². The second-order valence-electron chi connectivity index (χ2n) is 8.84. The first-order valence-corrected chi connectivity index (χ1v) is 11.1. The molecule has 168 valence electrons. The fraction of sp³-hybridized carbons (Fsp3) is 0.269. The van der Waals surface area contributed by atoms with E-state index >= 15 is 0 Å². The molecule has 7 nitrogen and oxygen atoms in total. The summed E-state index contributed by atoms with van der Waals surface area (Å²) in [6.45, 7) is 1.72. The van der Waals surface area contributed by atoms with Crippen LogP contribution >= 0.6 is 0 Å². The Kier molecular flexibility index (Phi) is 5.24. The molecule has 5 rings (SSSR count). The Morgan fingerprint density at radius 3 is 2.67 bits per heavy atom. The number of H-pyrrole nitrogens is 1. The maximum Gasteiger partial charge on any atom is 0.269 e. The van der Waals surface area contributed by atoms with Crippen LogP contribution in [-0.2, 0) is 11.3 Å². The van der Waals surface area contributed by atoms with Crippen LogP contribution in [0.1, 0.15) is 38.4 Å². The van der Waals surface area contributed by atoms with E-state index in [0.29, 0.717) is 30.9 Å². The molecule has 3 heterocycles. The Balaban J connectivity index is 1.29. The highest BCUT2D eigenvalue weighted by atomic mass is 16.2. The Hall–Kier alpha value is -3.87. The molecule has 0 aliphatic carbocycles. The van der Waals surface area contributed by atoms with Gasteiger partial charge in [0, 0.05) is 50.2 Å². The molecule has 0 saturated carbocycles. The summed E-state index contributed by atoms with van der Waals surface area (Å²) in [5.74, 6) is -0.186. The Bertz CT molecular complexity index is 1300. The maximum atomic E-state index is 13.0. The molecule has 0 radical (unpaired) electrons. The summed E-state index contributed by atoms with van der Waals surface area (Å²) < 4.78 is 0. The van der Waals surface area contributed by atoms with Crippen molar-refractivity contribution < 1.29 is 14.4 Å². The lowest BCUT2D eigenvalue weighted by molar-refractivity contribution is -0.131. The molecule has 0 spiro atoms. The zero-order valence-corrected chi connectivity index (χ0v) is 18.8. The van der Waals surface area contributed by atoms with Crippen molar-refractivity contribution in [3.05, 3.63) is 77.0 Å². The lowest BCUT2D eigenvalue weighted by atomic mass is 10.00. The second kappa shape index (κ2) is 8.24. The van der Waals surface area contributed by atoms with E-state index in [1.807, 2.05) is 53.4 Å². The molecule has 0 fully saturated rings. The minimum atomic E-state index is -0.0769. The predicted octanol–water partition coefficient (Wildman–Crippen LogP) is 3.14. The van der Waals surface area contributed by atoms with Crippen molar-refractivity contribution in [3.8, 4) is 0 Å². The lowest BCUT2D eigenvalue weighted by Crippen LogP contribution is -2.42. The molecule has 33 heavy (non-hydrogen) atoms. The summed E-state index contributed by atoms with van der Waals surface area (Å²) in [6.07, 6.45) is 2.93. The molecule has 1 N–H and O–H groups in total. The van der Waals surface area contributed by atoms with E-state index in [1.165, 1.54) is 0 Å². The fourth-order valence-corrected chi connectivity index (χ4v) is 4.55. The van der Waals surface area contributed by atoms with Gasteiger partial charge in [0.15, 0.2) is 0 Å². The normalized spacial score (nSPS) is 15.6. The van der Waals surface area contributed by atoms with Gasteiger partial charge in [0.05, 0.1) is 0 Å². The highest BCUT2D eigenvalue weighted by Crippen LogP contribution is 2.27. The number of fused-ring (bicyclic) bond motifs is 2. The molecule has 0 atom stereocenters. The molecule has 1 aromatic heterocycles. The average molecular weight is 443 g/mol. The van der Waals surface area contributed by atoms with E-state index < -0.39 is 0 Å². The Labute approximate surface area is 192 Å². The maximum absolute atomic E-state index is 13.0. The van der Waals surface area contributed by atoms with Crippen LogP contribution in [0.3, 0.4) is 0 Å². The van der Waals surface area contributed by atoms with Gasteiger partial charge in [-0.1, -0.05) is 36.4 Å². The largest absolute Gasteiger partial charge is 0.351 e. The van der Waals surface area contributed by atoms with Gasteiger partial charge in [0.1, 0.15) is 12.2 Å². The molecule has 7 heteroatoms. The van der Waals surface area contributed by atoms with E-state index in [1.54, 1.807) is 23.9 Å². The number of hydrogen-bond donors (Lipinski definition) is 1. The average Bonchev–Trinajstić information content (AvgIpc) is 3.39. The van der Waals surface area contributed by atoms with Crippen molar-refractivity contribution in [3.63, 3.8) is 0 Å². The van der Waals surface area contributed by atoms with Crippen molar-refractivity contribution in [2.75, 3.05) is 33.7 Å². The topological polar surface area (TPSA) is 76.7 Å². The zero-order chi connectivity index (χ0) is 23.1. The van der Waals surface area contributed by atoms with Crippen LogP contribution in [0.25, 0.3) is 16.5 Å². The predicted molar refractivity (Wildman–Crippen MR) is 127 cm³/mol. The molecular formula is C26H26N4O3. The number of carbonyl (C=O) groups is 3. The summed E-state index contributed by atoms with van der Waals surface area (Å²) in [7, 11) is 3.46. The van der Waals surface area contributed by atoms with E-state index in [9.17, 15) is 14.4 Å². The summed E-state index contributed by atoms with van der Waals surface area (Å²) in [4.78, 5) is 46.1. The third kappa shape index (κ3) is 3.91. The molecule has 2 aliphatic rings. The summed E-state index contributed by atoms with van der Waals surface area (Å²) >= 11 is 0. The smallest absolute Gasteiger partial charge is 0.269 e.